The van der Waals surface area contributed by atoms with E-state index in [1.165, 1.54) is 0 Å². The zero-order chi connectivity index (χ0) is 12.5. The van der Waals surface area contributed by atoms with Crippen molar-refractivity contribution in [2.45, 2.75) is 18.9 Å². The fourth-order valence-electron chi connectivity index (χ4n) is 2.02. The number of halogens is 1. The number of amides is 1. The molecule has 1 aliphatic rings. The second-order valence-corrected chi connectivity index (χ2v) is 5.53. The van der Waals surface area contributed by atoms with Gasteiger partial charge in [-0.1, -0.05) is 0 Å². The van der Waals surface area contributed by atoms with Crippen LogP contribution in [0.4, 0.5) is 5.69 Å². The smallest absolute Gasteiger partial charge is 0.248 e. The SMILES string of the molecule is CC1(Nc2ccc(C(N)=O)cc2Br)CCNC1. The molecule has 4 nitrogen and oxygen atoms in total. The molecule has 1 fully saturated rings. The lowest BCUT2D eigenvalue weighted by Crippen LogP contribution is -2.36. The van der Waals surface area contributed by atoms with Crippen LogP contribution >= 0.6 is 15.9 Å². The molecule has 92 valence electrons. The van der Waals surface area contributed by atoms with Gasteiger partial charge in [-0.2, -0.15) is 0 Å². The van der Waals surface area contributed by atoms with Gasteiger partial charge in [-0.15, -0.1) is 0 Å². The molecule has 1 aliphatic heterocycles. The number of carbonyl (C=O) groups excluding carboxylic acids is 1. The first-order valence-corrected chi connectivity index (χ1v) is 6.38. The Bertz CT molecular complexity index is 441. The second-order valence-electron chi connectivity index (χ2n) is 4.67. The Morgan fingerprint density at radius 1 is 1.59 bits per heavy atom. The first-order chi connectivity index (χ1) is 8.00. The molecule has 1 amide bonds. The number of nitrogens with one attached hydrogen (secondary N) is 2. The van der Waals surface area contributed by atoms with Gasteiger partial charge in [0.25, 0.3) is 0 Å². The molecule has 0 spiro atoms. The second kappa shape index (κ2) is 4.66. The topological polar surface area (TPSA) is 67.1 Å². The van der Waals surface area contributed by atoms with Crippen molar-refractivity contribution in [1.82, 2.24) is 5.32 Å². The molecule has 0 radical (unpaired) electrons. The number of benzene rings is 1. The van der Waals surface area contributed by atoms with Crippen LogP contribution in [0.25, 0.3) is 0 Å². The number of rotatable bonds is 3. The van der Waals surface area contributed by atoms with Gasteiger partial charge in [0.1, 0.15) is 0 Å². The van der Waals surface area contributed by atoms with Gasteiger partial charge in [0.15, 0.2) is 0 Å². The first-order valence-electron chi connectivity index (χ1n) is 5.58. The Hall–Kier alpha value is -1.07. The molecule has 17 heavy (non-hydrogen) atoms. The maximum atomic E-state index is 11.0. The third kappa shape index (κ3) is 2.79. The molecule has 0 saturated carbocycles. The molecule has 1 aromatic rings. The zero-order valence-corrected chi connectivity index (χ0v) is 11.3. The average Bonchev–Trinajstić information content (AvgIpc) is 2.68. The van der Waals surface area contributed by atoms with Gasteiger partial charge in [-0.25, -0.2) is 0 Å². The summed E-state index contributed by atoms with van der Waals surface area (Å²) in [4.78, 5) is 11.0. The number of carbonyl (C=O) groups is 1. The van der Waals surface area contributed by atoms with Crippen LogP contribution in [0.15, 0.2) is 22.7 Å². The van der Waals surface area contributed by atoms with E-state index in [-0.39, 0.29) is 5.54 Å². The summed E-state index contributed by atoms with van der Waals surface area (Å²) in [5, 5.41) is 6.82. The molecule has 1 saturated heterocycles. The number of nitrogens with two attached hydrogens (primary N) is 1. The predicted octanol–water partition coefficient (Wildman–Crippen LogP) is 1.71. The lowest BCUT2D eigenvalue weighted by Gasteiger charge is -2.26. The quantitative estimate of drug-likeness (QED) is 0.796. The lowest BCUT2D eigenvalue weighted by molar-refractivity contribution is 0.100. The van der Waals surface area contributed by atoms with Crippen LogP contribution in [0.3, 0.4) is 0 Å². The van der Waals surface area contributed by atoms with Gasteiger partial charge in [-0.3, -0.25) is 4.79 Å². The lowest BCUT2D eigenvalue weighted by atomic mass is 10.0. The Labute approximate surface area is 109 Å². The zero-order valence-electron chi connectivity index (χ0n) is 9.72. The Morgan fingerprint density at radius 3 is 2.88 bits per heavy atom. The predicted molar refractivity (Wildman–Crippen MR) is 72.2 cm³/mol. The van der Waals surface area contributed by atoms with Crippen molar-refractivity contribution in [3.05, 3.63) is 28.2 Å². The molecule has 5 heteroatoms. The van der Waals surface area contributed by atoms with Crippen molar-refractivity contribution in [3.63, 3.8) is 0 Å². The Morgan fingerprint density at radius 2 is 2.35 bits per heavy atom. The molecule has 0 aromatic heterocycles. The van der Waals surface area contributed by atoms with E-state index >= 15 is 0 Å². The summed E-state index contributed by atoms with van der Waals surface area (Å²) in [5.41, 5.74) is 6.80. The first kappa shape index (κ1) is 12.4. The molecular weight excluding hydrogens is 282 g/mol. The summed E-state index contributed by atoms with van der Waals surface area (Å²) in [7, 11) is 0. The number of hydrogen-bond donors (Lipinski definition) is 3. The summed E-state index contributed by atoms with van der Waals surface area (Å²) in [5.74, 6) is -0.411. The highest BCUT2D eigenvalue weighted by Crippen LogP contribution is 2.28. The van der Waals surface area contributed by atoms with E-state index in [1.807, 2.05) is 6.07 Å². The third-order valence-corrected chi connectivity index (χ3v) is 3.71. The minimum Gasteiger partial charge on any atom is -0.378 e. The standard InChI is InChI=1S/C12H16BrN3O/c1-12(4-5-15-7-12)16-10-3-2-8(11(14)17)6-9(10)13/h2-3,6,15-16H,4-5,7H2,1H3,(H2,14,17). The number of hydrogen-bond acceptors (Lipinski definition) is 3. The summed E-state index contributed by atoms with van der Waals surface area (Å²) < 4.78 is 0.863. The van der Waals surface area contributed by atoms with Crippen LogP contribution in [0, 0.1) is 0 Å². The Balaban J connectivity index is 2.19. The molecule has 0 aliphatic carbocycles. The van der Waals surface area contributed by atoms with Gasteiger partial charge in [0.2, 0.25) is 5.91 Å². The van der Waals surface area contributed by atoms with E-state index in [1.54, 1.807) is 12.1 Å². The van der Waals surface area contributed by atoms with Crippen molar-refractivity contribution in [3.8, 4) is 0 Å². The fourth-order valence-corrected chi connectivity index (χ4v) is 2.50. The summed E-state index contributed by atoms with van der Waals surface area (Å²) in [6.07, 6.45) is 1.08. The maximum absolute atomic E-state index is 11.0. The fraction of sp³-hybridized carbons (Fsp3) is 0.417. The number of primary amides is 1. The van der Waals surface area contributed by atoms with E-state index in [0.717, 1.165) is 29.7 Å². The number of anilines is 1. The average molecular weight is 298 g/mol. The molecule has 1 atom stereocenters. The van der Waals surface area contributed by atoms with E-state index in [0.29, 0.717) is 5.56 Å². The van der Waals surface area contributed by atoms with E-state index in [4.69, 9.17) is 5.73 Å². The Kier molecular flexibility index (Phi) is 3.40. The summed E-state index contributed by atoms with van der Waals surface area (Å²) in [6.45, 7) is 4.15. The van der Waals surface area contributed by atoms with Crippen molar-refractivity contribution in [1.29, 1.82) is 0 Å². The third-order valence-electron chi connectivity index (χ3n) is 3.06. The summed E-state index contributed by atoms with van der Waals surface area (Å²) in [6, 6.07) is 5.37. The minimum atomic E-state index is -0.411. The highest BCUT2D eigenvalue weighted by atomic mass is 79.9. The highest BCUT2D eigenvalue weighted by molar-refractivity contribution is 9.10. The van der Waals surface area contributed by atoms with E-state index < -0.39 is 5.91 Å². The molecule has 1 heterocycles. The molecule has 2 rings (SSSR count). The van der Waals surface area contributed by atoms with E-state index in [2.05, 4.69) is 33.5 Å². The van der Waals surface area contributed by atoms with Crippen molar-refractivity contribution < 1.29 is 4.79 Å². The van der Waals surface area contributed by atoms with Crippen molar-refractivity contribution >= 4 is 27.5 Å². The van der Waals surface area contributed by atoms with Gasteiger partial charge in [0, 0.05) is 27.8 Å². The van der Waals surface area contributed by atoms with Crippen LogP contribution in [0.1, 0.15) is 23.7 Å². The minimum absolute atomic E-state index is 0.0662. The summed E-state index contributed by atoms with van der Waals surface area (Å²) >= 11 is 3.46. The highest BCUT2D eigenvalue weighted by Gasteiger charge is 2.28. The van der Waals surface area contributed by atoms with Crippen molar-refractivity contribution in [2.75, 3.05) is 18.4 Å². The van der Waals surface area contributed by atoms with Gasteiger partial charge < -0.3 is 16.4 Å². The van der Waals surface area contributed by atoms with Crippen molar-refractivity contribution in [2.24, 2.45) is 5.73 Å². The molecule has 1 unspecified atom stereocenters. The van der Waals surface area contributed by atoms with Gasteiger partial charge >= 0.3 is 0 Å². The molecule has 4 N–H and O–H groups in total. The van der Waals surface area contributed by atoms with Gasteiger partial charge in [0.05, 0.1) is 0 Å². The molecule has 0 bridgehead atoms. The monoisotopic (exact) mass is 297 g/mol. The normalized spacial score (nSPS) is 23.6. The van der Waals surface area contributed by atoms with Crippen LogP contribution in [-0.4, -0.2) is 24.5 Å². The molecular formula is C12H16BrN3O. The maximum Gasteiger partial charge on any atom is 0.248 e. The van der Waals surface area contributed by atoms with Crippen LogP contribution in [0.5, 0.6) is 0 Å². The largest absolute Gasteiger partial charge is 0.378 e. The van der Waals surface area contributed by atoms with E-state index in [9.17, 15) is 4.79 Å². The van der Waals surface area contributed by atoms with Crippen LogP contribution in [0.2, 0.25) is 0 Å². The van der Waals surface area contributed by atoms with Crippen LogP contribution in [-0.2, 0) is 0 Å². The van der Waals surface area contributed by atoms with Crippen LogP contribution < -0.4 is 16.4 Å². The molecule has 1 aromatic carbocycles. The van der Waals surface area contributed by atoms with Gasteiger partial charge in [-0.05, 0) is 54.0 Å².